The van der Waals surface area contributed by atoms with Crippen LogP contribution in [0.2, 0.25) is 0 Å². The Morgan fingerprint density at radius 1 is 1.33 bits per heavy atom. The Morgan fingerprint density at radius 3 is 2.78 bits per heavy atom. The highest BCUT2D eigenvalue weighted by Crippen LogP contribution is 2.35. The van der Waals surface area contributed by atoms with Crippen molar-refractivity contribution in [3.63, 3.8) is 0 Å². The van der Waals surface area contributed by atoms with Crippen molar-refractivity contribution in [3.05, 3.63) is 53.3 Å². The van der Waals surface area contributed by atoms with Gasteiger partial charge in [0, 0.05) is 28.8 Å². The number of rotatable bonds is 2. The molecule has 0 atom stereocenters. The first-order valence-electron chi connectivity index (χ1n) is 6.01. The molecule has 18 heavy (non-hydrogen) atoms. The molecule has 0 saturated carbocycles. The van der Waals surface area contributed by atoms with Gasteiger partial charge in [0.1, 0.15) is 0 Å². The maximum absolute atomic E-state index is 12.6. The summed E-state index contributed by atoms with van der Waals surface area (Å²) >= 11 is 1.61. The maximum atomic E-state index is 12.6. The number of allylic oxidation sites excluding steroid dienone is 4. The first kappa shape index (κ1) is 13.0. The Labute approximate surface area is 113 Å². The number of hydrogen-bond donors (Lipinski definition) is 0. The fourth-order valence-electron chi connectivity index (χ4n) is 1.94. The van der Waals surface area contributed by atoms with E-state index < -0.39 is 0 Å². The summed E-state index contributed by atoms with van der Waals surface area (Å²) in [6.45, 7) is 3.99. The lowest BCUT2D eigenvalue weighted by molar-refractivity contribution is 0.102. The zero-order valence-corrected chi connectivity index (χ0v) is 11.8. The van der Waals surface area contributed by atoms with Crippen molar-refractivity contribution < 1.29 is 4.79 Å². The molecule has 0 bridgehead atoms. The third-order valence-corrected chi connectivity index (χ3v) is 4.21. The summed E-state index contributed by atoms with van der Waals surface area (Å²) in [6, 6.07) is 7.80. The minimum absolute atomic E-state index is 0.151. The van der Waals surface area contributed by atoms with Crippen LogP contribution in [0, 0.1) is 0 Å². The summed E-state index contributed by atoms with van der Waals surface area (Å²) in [6.07, 6.45) is 4.71. The fourth-order valence-corrected chi connectivity index (χ4v) is 2.88. The van der Waals surface area contributed by atoms with E-state index in [2.05, 4.69) is 4.31 Å². The molecule has 0 unspecified atom stereocenters. The quantitative estimate of drug-likeness (QED) is 0.590. The lowest BCUT2D eigenvalue weighted by Gasteiger charge is -2.17. The van der Waals surface area contributed by atoms with Crippen molar-refractivity contribution in [2.24, 2.45) is 0 Å². The minimum atomic E-state index is 0.151. The largest absolute Gasteiger partial charge is 0.319 e. The van der Waals surface area contributed by atoms with E-state index in [1.165, 1.54) is 0 Å². The van der Waals surface area contributed by atoms with E-state index in [-0.39, 0.29) is 5.78 Å². The predicted molar refractivity (Wildman–Crippen MR) is 76.5 cm³/mol. The van der Waals surface area contributed by atoms with Crippen LogP contribution in [0.5, 0.6) is 0 Å². The van der Waals surface area contributed by atoms with Crippen molar-refractivity contribution >= 4 is 17.7 Å². The van der Waals surface area contributed by atoms with Crippen LogP contribution in [-0.4, -0.2) is 17.1 Å². The van der Waals surface area contributed by atoms with Crippen LogP contribution in [0.25, 0.3) is 0 Å². The number of ketones is 1. The van der Waals surface area contributed by atoms with E-state index in [1.807, 2.05) is 57.3 Å². The van der Waals surface area contributed by atoms with Gasteiger partial charge in [-0.15, -0.1) is 0 Å². The fraction of sp³-hybridized carbons (Fsp3) is 0.267. The number of Topliss-reactive ketones (excluding diaryl/α,β-unsaturated/α-hetero) is 1. The van der Waals surface area contributed by atoms with Crippen molar-refractivity contribution in [2.45, 2.75) is 25.2 Å². The normalized spacial score (nSPS) is 16.2. The van der Waals surface area contributed by atoms with Crippen LogP contribution in [0.1, 0.15) is 30.6 Å². The summed E-state index contributed by atoms with van der Waals surface area (Å²) in [7, 11) is 2.00. The van der Waals surface area contributed by atoms with Gasteiger partial charge in [0.25, 0.3) is 0 Å². The van der Waals surface area contributed by atoms with Crippen LogP contribution in [0.4, 0.5) is 0 Å². The molecule has 1 aliphatic heterocycles. The van der Waals surface area contributed by atoms with Gasteiger partial charge >= 0.3 is 0 Å². The van der Waals surface area contributed by atoms with Gasteiger partial charge in [0.05, 0.1) is 0 Å². The second-order valence-corrected chi connectivity index (χ2v) is 5.42. The molecule has 1 heterocycles. The molecular formula is C15H17NOS. The summed E-state index contributed by atoms with van der Waals surface area (Å²) in [4.78, 5) is 13.6. The van der Waals surface area contributed by atoms with Gasteiger partial charge in [-0.2, -0.15) is 0 Å². The lowest BCUT2D eigenvalue weighted by atomic mass is 9.99. The molecule has 1 aliphatic rings. The highest BCUT2D eigenvalue weighted by molar-refractivity contribution is 7.97. The van der Waals surface area contributed by atoms with E-state index in [9.17, 15) is 4.79 Å². The molecule has 0 N–H and O–H groups in total. The highest BCUT2D eigenvalue weighted by Gasteiger charge is 2.23. The number of carbonyl (C=O) groups excluding carboxylic acids is 1. The zero-order valence-electron chi connectivity index (χ0n) is 10.9. The van der Waals surface area contributed by atoms with Gasteiger partial charge in [0.15, 0.2) is 5.78 Å². The average molecular weight is 259 g/mol. The van der Waals surface area contributed by atoms with Gasteiger partial charge in [0.2, 0.25) is 0 Å². The molecule has 94 valence electrons. The molecule has 0 aliphatic carbocycles. The van der Waals surface area contributed by atoms with Gasteiger partial charge in [-0.05, 0) is 44.3 Å². The minimum Gasteiger partial charge on any atom is -0.319 e. The number of benzene rings is 1. The van der Waals surface area contributed by atoms with Gasteiger partial charge in [-0.25, -0.2) is 0 Å². The van der Waals surface area contributed by atoms with Crippen LogP contribution >= 0.6 is 11.9 Å². The molecule has 0 fully saturated rings. The standard InChI is InChI=1S/C15H17NOS/c1-4-5-8-12-11(2)16(3)18-14-10-7-6-9-13(14)15(12)17/h4-7,9-10H,8H2,1-3H3/b5-4-. The topological polar surface area (TPSA) is 20.3 Å². The van der Waals surface area contributed by atoms with E-state index in [4.69, 9.17) is 0 Å². The second-order valence-electron chi connectivity index (χ2n) is 4.25. The van der Waals surface area contributed by atoms with Gasteiger partial charge in [-0.1, -0.05) is 24.3 Å². The molecule has 1 aromatic rings. The van der Waals surface area contributed by atoms with Crippen molar-refractivity contribution in [2.75, 3.05) is 7.05 Å². The van der Waals surface area contributed by atoms with E-state index in [1.54, 1.807) is 11.9 Å². The smallest absolute Gasteiger partial charge is 0.192 e. The number of hydrogen-bond acceptors (Lipinski definition) is 3. The Kier molecular flexibility index (Phi) is 3.92. The number of nitrogens with zero attached hydrogens (tertiary/aromatic N) is 1. The molecular weight excluding hydrogens is 242 g/mol. The third kappa shape index (κ3) is 2.36. The maximum Gasteiger partial charge on any atom is 0.192 e. The number of fused-ring (bicyclic) bond motifs is 1. The van der Waals surface area contributed by atoms with E-state index >= 15 is 0 Å². The molecule has 3 heteroatoms. The Morgan fingerprint density at radius 2 is 2.06 bits per heavy atom. The molecule has 0 spiro atoms. The predicted octanol–water partition coefficient (Wildman–Crippen LogP) is 4.06. The summed E-state index contributed by atoms with van der Waals surface area (Å²) in [5.41, 5.74) is 2.73. The molecule has 0 radical (unpaired) electrons. The van der Waals surface area contributed by atoms with Crippen molar-refractivity contribution in [1.82, 2.24) is 4.31 Å². The summed E-state index contributed by atoms with van der Waals surface area (Å²) in [5, 5.41) is 0. The lowest BCUT2D eigenvalue weighted by Crippen LogP contribution is -2.10. The zero-order chi connectivity index (χ0) is 13.1. The van der Waals surface area contributed by atoms with Crippen LogP contribution in [0.3, 0.4) is 0 Å². The van der Waals surface area contributed by atoms with E-state index in [0.717, 1.165) is 21.7 Å². The molecule has 2 rings (SSSR count). The molecule has 0 aromatic heterocycles. The molecule has 2 nitrogen and oxygen atoms in total. The summed E-state index contributed by atoms with van der Waals surface area (Å²) < 4.78 is 2.07. The Hall–Kier alpha value is -1.48. The molecule has 1 aromatic carbocycles. The summed E-state index contributed by atoms with van der Waals surface area (Å²) in [5.74, 6) is 0.151. The van der Waals surface area contributed by atoms with Crippen molar-refractivity contribution in [3.8, 4) is 0 Å². The van der Waals surface area contributed by atoms with Crippen LogP contribution < -0.4 is 0 Å². The first-order chi connectivity index (χ1) is 8.65. The van der Waals surface area contributed by atoms with E-state index in [0.29, 0.717) is 6.42 Å². The van der Waals surface area contributed by atoms with Crippen LogP contribution in [0.15, 0.2) is 52.6 Å². The first-order valence-corrected chi connectivity index (χ1v) is 6.78. The van der Waals surface area contributed by atoms with Gasteiger partial charge < -0.3 is 4.31 Å². The van der Waals surface area contributed by atoms with Crippen LogP contribution in [-0.2, 0) is 0 Å². The third-order valence-electron chi connectivity index (χ3n) is 3.11. The number of carbonyl (C=O) groups is 1. The highest BCUT2D eigenvalue weighted by atomic mass is 32.2. The SMILES string of the molecule is C/C=C\CC1=C(C)N(C)Sc2ccccc2C1=O. The molecule has 0 amide bonds. The molecule has 0 saturated heterocycles. The average Bonchev–Trinajstić information content (AvgIpc) is 2.46. The van der Waals surface area contributed by atoms with Crippen molar-refractivity contribution in [1.29, 1.82) is 0 Å². The Bertz CT molecular complexity index is 531. The van der Waals surface area contributed by atoms with Gasteiger partial charge in [-0.3, -0.25) is 4.79 Å². The monoisotopic (exact) mass is 259 g/mol. The Balaban J connectivity index is 2.50. The second kappa shape index (κ2) is 5.44.